The number of aromatic nitrogens is 2. The topological polar surface area (TPSA) is 70.6 Å². The number of amides is 1. The number of hydrogen-bond acceptors (Lipinski definition) is 6. The van der Waals surface area contributed by atoms with Crippen molar-refractivity contribution in [2.24, 2.45) is 0 Å². The van der Waals surface area contributed by atoms with E-state index < -0.39 is 5.60 Å². The maximum absolute atomic E-state index is 13.0. The highest BCUT2D eigenvalue weighted by Gasteiger charge is 2.38. The molecule has 0 saturated carbocycles. The second-order valence-electron chi connectivity index (χ2n) is 7.32. The van der Waals surface area contributed by atoms with Crippen LogP contribution in [0.1, 0.15) is 50.7 Å². The first kappa shape index (κ1) is 19.6. The van der Waals surface area contributed by atoms with Gasteiger partial charge in [-0.25, -0.2) is 9.97 Å². The molecule has 1 atom stereocenters. The van der Waals surface area contributed by atoms with Gasteiger partial charge in [0.05, 0.1) is 11.7 Å². The van der Waals surface area contributed by atoms with Crippen LogP contribution in [0.5, 0.6) is 0 Å². The second kappa shape index (κ2) is 8.10. The zero-order valence-corrected chi connectivity index (χ0v) is 16.3. The lowest BCUT2D eigenvalue weighted by atomic mass is 9.97. The van der Waals surface area contributed by atoms with Crippen LogP contribution in [0, 0.1) is 0 Å². The lowest BCUT2D eigenvalue weighted by molar-refractivity contribution is -0.155. The van der Waals surface area contributed by atoms with E-state index in [-0.39, 0.29) is 11.9 Å². The number of ether oxygens (including phenoxy) is 1. The minimum atomic E-state index is -0.845. The summed E-state index contributed by atoms with van der Waals surface area (Å²) in [5, 5.41) is 3.11. The molecule has 1 aromatic rings. The summed E-state index contributed by atoms with van der Waals surface area (Å²) in [6.07, 6.45) is 2.94. The van der Waals surface area contributed by atoms with Crippen LogP contribution in [0.2, 0.25) is 0 Å². The zero-order chi connectivity index (χ0) is 18.6. The molecule has 140 valence electrons. The SMILES string of the molecule is CNc1cc(CN(C)C)nc(C2CCCCN2C(=O)C(C)(C)OC)n1. The lowest BCUT2D eigenvalue weighted by Crippen LogP contribution is -2.49. The number of piperidine rings is 1. The van der Waals surface area contributed by atoms with Crippen molar-refractivity contribution in [2.75, 3.05) is 40.1 Å². The van der Waals surface area contributed by atoms with Crippen LogP contribution in [0.3, 0.4) is 0 Å². The van der Waals surface area contributed by atoms with Gasteiger partial charge in [0.25, 0.3) is 5.91 Å². The van der Waals surface area contributed by atoms with Gasteiger partial charge < -0.3 is 19.9 Å². The quantitative estimate of drug-likeness (QED) is 0.848. The van der Waals surface area contributed by atoms with E-state index in [0.29, 0.717) is 12.4 Å². The fourth-order valence-electron chi connectivity index (χ4n) is 3.08. The fourth-order valence-corrected chi connectivity index (χ4v) is 3.08. The molecule has 1 aromatic heterocycles. The molecule has 7 heteroatoms. The fraction of sp³-hybridized carbons (Fsp3) is 0.722. The van der Waals surface area contributed by atoms with E-state index >= 15 is 0 Å². The Bertz CT molecular complexity index is 603. The third-order valence-electron chi connectivity index (χ3n) is 4.62. The largest absolute Gasteiger partial charge is 0.373 e. The third kappa shape index (κ3) is 4.67. The summed E-state index contributed by atoms with van der Waals surface area (Å²) in [4.78, 5) is 26.3. The van der Waals surface area contributed by atoms with E-state index in [0.717, 1.165) is 37.3 Å². The summed E-state index contributed by atoms with van der Waals surface area (Å²) in [7, 11) is 7.45. The Morgan fingerprint density at radius 1 is 1.40 bits per heavy atom. The van der Waals surface area contributed by atoms with Gasteiger partial charge in [-0.15, -0.1) is 0 Å². The number of carbonyl (C=O) groups is 1. The first-order chi connectivity index (χ1) is 11.8. The van der Waals surface area contributed by atoms with Crippen LogP contribution in [-0.4, -0.2) is 66.1 Å². The predicted molar refractivity (Wildman–Crippen MR) is 98.4 cm³/mol. The summed E-state index contributed by atoms with van der Waals surface area (Å²) in [6, 6.07) is 1.85. The van der Waals surface area contributed by atoms with Gasteiger partial charge in [0.15, 0.2) is 5.82 Å². The monoisotopic (exact) mass is 349 g/mol. The van der Waals surface area contributed by atoms with Crippen LogP contribution in [0.25, 0.3) is 0 Å². The molecule has 1 saturated heterocycles. The molecule has 1 amide bonds. The molecule has 1 fully saturated rings. The molecule has 0 aromatic carbocycles. The number of nitrogens with one attached hydrogen (secondary N) is 1. The van der Waals surface area contributed by atoms with Gasteiger partial charge in [0.1, 0.15) is 11.4 Å². The van der Waals surface area contributed by atoms with E-state index in [9.17, 15) is 4.79 Å². The lowest BCUT2D eigenvalue weighted by Gasteiger charge is -2.39. The second-order valence-corrected chi connectivity index (χ2v) is 7.32. The third-order valence-corrected chi connectivity index (χ3v) is 4.62. The van der Waals surface area contributed by atoms with Gasteiger partial charge in [-0.3, -0.25) is 4.79 Å². The van der Waals surface area contributed by atoms with Crippen molar-refractivity contribution < 1.29 is 9.53 Å². The number of anilines is 1. The van der Waals surface area contributed by atoms with Gasteiger partial charge >= 0.3 is 0 Å². The van der Waals surface area contributed by atoms with E-state index in [2.05, 4.69) is 15.2 Å². The highest BCUT2D eigenvalue weighted by Crippen LogP contribution is 2.32. The molecule has 7 nitrogen and oxygen atoms in total. The predicted octanol–water partition coefficient (Wildman–Crippen LogP) is 2.06. The van der Waals surface area contributed by atoms with E-state index in [1.807, 2.05) is 46.0 Å². The summed E-state index contributed by atoms with van der Waals surface area (Å²) >= 11 is 0. The summed E-state index contributed by atoms with van der Waals surface area (Å²) in [5.74, 6) is 1.49. The molecule has 25 heavy (non-hydrogen) atoms. The van der Waals surface area contributed by atoms with Crippen LogP contribution in [-0.2, 0) is 16.1 Å². The summed E-state index contributed by atoms with van der Waals surface area (Å²) < 4.78 is 5.41. The van der Waals surface area contributed by atoms with Crippen LogP contribution >= 0.6 is 0 Å². The number of rotatable bonds is 6. The number of carbonyl (C=O) groups excluding carboxylic acids is 1. The number of methoxy groups -OCH3 is 1. The Hall–Kier alpha value is -1.73. The molecule has 0 bridgehead atoms. The minimum Gasteiger partial charge on any atom is -0.373 e. The van der Waals surface area contributed by atoms with Gasteiger partial charge in [-0.05, 0) is 47.2 Å². The Labute approximate surface area is 150 Å². The molecule has 0 aliphatic carbocycles. The van der Waals surface area contributed by atoms with Crippen molar-refractivity contribution in [3.63, 3.8) is 0 Å². The normalized spacial score (nSPS) is 18.5. The zero-order valence-electron chi connectivity index (χ0n) is 16.3. The molecule has 2 heterocycles. The molecular formula is C18H31N5O2. The Morgan fingerprint density at radius 2 is 2.12 bits per heavy atom. The summed E-state index contributed by atoms with van der Waals surface area (Å²) in [6.45, 7) is 5.06. The maximum atomic E-state index is 13.0. The first-order valence-corrected chi connectivity index (χ1v) is 8.85. The molecule has 1 aliphatic rings. The van der Waals surface area contributed by atoms with Crippen molar-refractivity contribution >= 4 is 11.7 Å². The molecule has 1 unspecified atom stereocenters. The molecule has 1 N–H and O–H groups in total. The van der Waals surface area contributed by atoms with Crippen LogP contribution in [0.4, 0.5) is 5.82 Å². The maximum Gasteiger partial charge on any atom is 0.254 e. The highest BCUT2D eigenvalue weighted by atomic mass is 16.5. The molecular weight excluding hydrogens is 318 g/mol. The molecule has 0 radical (unpaired) electrons. The van der Waals surface area contributed by atoms with E-state index in [1.165, 1.54) is 0 Å². The number of hydrogen-bond donors (Lipinski definition) is 1. The van der Waals surface area contributed by atoms with Gasteiger partial charge in [0.2, 0.25) is 0 Å². The minimum absolute atomic E-state index is 0.00711. The molecule has 0 spiro atoms. The van der Waals surface area contributed by atoms with Crippen LogP contribution in [0.15, 0.2) is 6.07 Å². The molecule has 2 rings (SSSR count). The van der Waals surface area contributed by atoms with Gasteiger partial charge in [-0.2, -0.15) is 0 Å². The van der Waals surface area contributed by atoms with Crippen molar-refractivity contribution in [3.8, 4) is 0 Å². The standard InChI is InChI=1S/C18H31N5O2/c1-18(2,25-6)17(24)23-10-8-7-9-14(23)16-20-13(12-22(4)5)11-15(19-3)21-16/h11,14H,7-10,12H2,1-6H3,(H,19,20,21). The Balaban J connectivity index is 2.37. The van der Waals surface area contributed by atoms with Crippen molar-refractivity contribution in [1.29, 1.82) is 0 Å². The van der Waals surface area contributed by atoms with Gasteiger partial charge in [-0.1, -0.05) is 0 Å². The Morgan fingerprint density at radius 3 is 2.72 bits per heavy atom. The average Bonchev–Trinajstić information content (AvgIpc) is 2.60. The van der Waals surface area contributed by atoms with E-state index in [4.69, 9.17) is 9.72 Å². The van der Waals surface area contributed by atoms with Gasteiger partial charge in [0, 0.05) is 33.3 Å². The first-order valence-electron chi connectivity index (χ1n) is 8.85. The Kier molecular flexibility index (Phi) is 6.35. The smallest absolute Gasteiger partial charge is 0.254 e. The average molecular weight is 349 g/mol. The van der Waals surface area contributed by atoms with E-state index in [1.54, 1.807) is 7.11 Å². The van der Waals surface area contributed by atoms with Crippen LogP contribution < -0.4 is 5.32 Å². The van der Waals surface area contributed by atoms with Crippen molar-refractivity contribution in [2.45, 2.75) is 51.3 Å². The van der Waals surface area contributed by atoms with Crippen molar-refractivity contribution in [3.05, 3.63) is 17.6 Å². The molecule has 1 aliphatic heterocycles. The number of nitrogens with zero attached hydrogens (tertiary/aromatic N) is 4. The van der Waals surface area contributed by atoms with Crippen molar-refractivity contribution in [1.82, 2.24) is 19.8 Å². The highest BCUT2D eigenvalue weighted by molar-refractivity contribution is 5.84. The summed E-state index contributed by atoms with van der Waals surface area (Å²) in [5.41, 5.74) is 0.103. The number of likely N-dealkylation sites (tertiary alicyclic amines) is 1.